The molecule has 0 aliphatic carbocycles. The average molecular weight is 138 g/mol. The first-order valence-corrected chi connectivity index (χ1v) is 3.10. The van der Waals surface area contributed by atoms with Gasteiger partial charge in [-0.3, -0.25) is 4.68 Å². The molecule has 1 heterocycles. The Morgan fingerprint density at radius 1 is 1.80 bits per heavy atom. The molecule has 0 saturated carbocycles. The fraction of sp³-hybridized carbons (Fsp3) is 0.286. The average Bonchev–Trinajstić information content (AvgIpc) is 2.31. The van der Waals surface area contributed by atoms with E-state index in [1.165, 1.54) is 0 Å². The van der Waals surface area contributed by atoms with Crippen LogP contribution in [0, 0.1) is 0 Å². The van der Waals surface area contributed by atoms with Crippen LogP contribution in [0.15, 0.2) is 18.3 Å². The molecule has 0 aliphatic heterocycles. The molecule has 54 valence electrons. The normalized spacial score (nSPS) is 11.0. The van der Waals surface area contributed by atoms with E-state index in [1.807, 2.05) is 19.3 Å². The Bertz CT molecular complexity index is 227. The van der Waals surface area contributed by atoms with Gasteiger partial charge in [-0.15, -0.1) is 0 Å². The highest BCUT2D eigenvalue weighted by Gasteiger charge is 1.87. The van der Waals surface area contributed by atoms with E-state index in [-0.39, 0.29) is 6.61 Å². The van der Waals surface area contributed by atoms with E-state index < -0.39 is 0 Å². The Balaban J connectivity index is 2.67. The minimum atomic E-state index is 0.0660. The summed E-state index contributed by atoms with van der Waals surface area (Å²) in [4.78, 5) is 0. The summed E-state index contributed by atoms with van der Waals surface area (Å²) < 4.78 is 1.72. The summed E-state index contributed by atoms with van der Waals surface area (Å²) in [5.74, 6) is 0. The minimum absolute atomic E-state index is 0.0660. The van der Waals surface area contributed by atoms with E-state index >= 15 is 0 Å². The molecule has 3 nitrogen and oxygen atoms in total. The van der Waals surface area contributed by atoms with E-state index in [2.05, 4.69) is 5.10 Å². The molecule has 0 fully saturated rings. The predicted molar refractivity (Wildman–Crippen MR) is 39.3 cm³/mol. The van der Waals surface area contributed by atoms with Gasteiger partial charge in [0.2, 0.25) is 0 Å². The number of rotatable bonds is 2. The predicted octanol–water partition coefficient (Wildman–Crippen LogP) is 0.426. The van der Waals surface area contributed by atoms with E-state index in [4.69, 9.17) is 5.11 Å². The third kappa shape index (κ3) is 1.70. The zero-order chi connectivity index (χ0) is 7.40. The van der Waals surface area contributed by atoms with Crippen molar-refractivity contribution in [1.29, 1.82) is 0 Å². The summed E-state index contributed by atoms with van der Waals surface area (Å²) in [6.45, 7) is 0.0660. The minimum Gasteiger partial charge on any atom is -0.392 e. The van der Waals surface area contributed by atoms with Gasteiger partial charge < -0.3 is 5.11 Å². The van der Waals surface area contributed by atoms with Gasteiger partial charge in [0, 0.05) is 13.2 Å². The van der Waals surface area contributed by atoms with Crippen molar-refractivity contribution in [2.24, 2.45) is 7.05 Å². The van der Waals surface area contributed by atoms with Crippen LogP contribution in [0.1, 0.15) is 5.69 Å². The number of aliphatic hydroxyl groups is 1. The molecule has 1 rings (SSSR count). The molecule has 3 heteroatoms. The largest absolute Gasteiger partial charge is 0.392 e. The van der Waals surface area contributed by atoms with Gasteiger partial charge >= 0.3 is 0 Å². The third-order valence-corrected chi connectivity index (χ3v) is 1.13. The Hall–Kier alpha value is -1.09. The molecule has 0 saturated heterocycles. The van der Waals surface area contributed by atoms with Gasteiger partial charge in [0.15, 0.2) is 0 Å². The summed E-state index contributed by atoms with van der Waals surface area (Å²) in [6, 6.07) is 1.88. The maximum atomic E-state index is 8.41. The van der Waals surface area contributed by atoms with Crippen LogP contribution in [0.2, 0.25) is 0 Å². The standard InChI is InChI=1S/C7H10N2O/c1-9-5-4-7(8-9)3-2-6-10/h2-5,10H,6H2,1H3/b3-2+. The summed E-state index contributed by atoms with van der Waals surface area (Å²) >= 11 is 0. The van der Waals surface area contributed by atoms with Gasteiger partial charge in [0.05, 0.1) is 12.3 Å². The first-order valence-electron chi connectivity index (χ1n) is 3.10. The summed E-state index contributed by atoms with van der Waals surface area (Å²) in [7, 11) is 1.86. The number of hydrogen-bond acceptors (Lipinski definition) is 2. The van der Waals surface area contributed by atoms with Crippen molar-refractivity contribution in [2.45, 2.75) is 0 Å². The molecule has 1 N–H and O–H groups in total. The molecule has 10 heavy (non-hydrogen) atoms. The molecule has 0 atom stereocenters. The topological polar surface area (TPSA) is 38.0 Å². The maximum absolute atomic E-state index is 8.41. The van der Waals surface area contributed by atoms with Crippen LogP contribution in [-0.2, 0) is 7.05 Å². The van der Waals surface area contributed by atoms with E-state index in [9.17, 15) is 0 Å². The highest BCUT2D eigenvalue weighted by atomic mass is 16.2. The Morgan fingerprint density at radius 3 is 3.10 bits per heavy atom. The van der Waals surface area contributed by atoms with Crippen LogP contribution in [0.3, 0.4) is 0 Å². The van der Waals surface area contributed by atoms with Crippen molar-refractivity contribution < 1.29 is 5.11 Å². The molecule has 0 bridgehead atoms. The SMILES string of the molecule is Cn1ccc(/C=C/CO)n1. The summed E-state index contributed by atoms with van der Waals surface area (Å²) in [6.07, 6.45) is 5.29. The van der Waals surface area contributed by atoms with Gasteiger partial charge in [-0.05, 0) is 12.1 Å². The van der Waals surface area contributed by atoms with Crippen molar-refractivity contribution in [2.75, 3.05) is 6.61 Å². The van der Waals surface area contributed by atoms with Gasteiger partial charge in [0.25, 0.3) is 0 Å². The Morgan fingerprint density at radius 2 is 2.60 bits per heavy atom. The van der Waals surface area contributed by atoms with Crippen molar-refractivity contribution in [1.82, 2.24) is 9.78 Å². The molecule has 0 aliphatic rings. The molecule has 0 aromatic carbocycles. The lowest BCUT2D eigenvalue weighted by Gasteiger charge is -1.83. The van der Waals surface area contributed by atoms with Gasteiger partial charge in [-0.25, -0.2) is 0 Å². The van der Waals surface area contributed by atoms with Crippen molar-refractivity contribution in [3.63, 3.8) is 0 Å². The Kier molecular flexibility index (Phi) is 2.23. The first-order chi connectivity index (χ1) is 4.83. The van der Waals surface area contributed by atoms with Crippen LogP contribution >= 0.6 is 0 Å². The fourth-order valence-corrected chi connectivity index (χ4v) is 0.695. The third-order valence-electron chi connectivity index (χ3n) is 1.13. The van der Waals surface area contributed by atoms with E-state index in [0.29, 0.717) is 0 Å². The van der Waals surface area contributed by atoms with E-state index in [1.54, 1.807) is 16.8 Å². The molecule has 1 aromatic rings. The smallest absolute Gasteiger partial charge is 0.0848 e. The highest BCUT2D eigenvalue weighted by molar-refractivity contribution is 5.43. The summed E-state index contributed by atoms with van der Waals surface area (Å²) in [5, 5.41) is 12.5. The quantitative estimate of drug-likeness (QED) is 0.643. The first kappa shape index (κ1) is 7.02. The Labute approximate surface area is 59.6 Å². The van der Waals surface area contributed by atoms with Crippen LogP contribution < -0.4 is 0 Å². The zero-order valence-corrected chi connectivity index (χ0v) is 5.86. The van der Waals surface area contributed by atoms with Gasteiger partial charge in [-0.1, -0.05) is 6.08 Å². The number of nitrogens with zero attached hydrogens (tertiary/aromatic N) is 2. The lowest BCUT2D eigenvalue weighted by atomic mass is 10.4. The molecular formula is C7H10N2O. The van der Waals surface area contributed by atoms with Gasteiger partial charge in [0.1, 0.15) is 0 Å². The number of aliphatic hydroxyl groups excluding tert-OH is 1. The number of hydrogen-bond donors (Lipinski definition) is 1. The van der Waals surface area contributed by atoms with E-state index in [0.717, 1.165) is 5.69 Å². The second-order valence-electron chi connectivity index (χ2n) is 2.00. The number of aromatic nitrogens is 2. The second kappa shape index (κ2) is 3.17. The van der Waals surface area contributed by atoms with Crippen LogP contribution in [0.25, 0.3) is 6.08 Å². The molecule has 0 radical (unpaired) electrons. The van der Waals surface area contributed by atoms with Crippen LogP contribution in [-0.4, -0.2) is 21.5 Å². The number of aryl methyl sites for hydroxylation is 1. The van der Waals surface area contributed by atoms with Crippen molar-refractivity contribution in [3.05, 3.63) is 24.0 Å². The summed E-state index contributed by atoms with van der Waals surface area (Å²) in [5.41, 5.74) is 0.872. The van der Waals surface area contributed by atoms with Crippen LogP contribution in [0.5, 0.6) is 0 Å². The lowest BCUT2D eigenvalue weighted by Crippen LogP contribution is -1.86. The second-order valence-corrected chi connectivity index (χ2v) is 2.00. The molecule has 0 amide bonds. The van der Waals surface area contributed by atoms with Crippen molar-refractivity contribution in [3.8, 4) is 0 Å². The molecule has 0 spiro atoms. The molecule has 1 aromatic heterocycles. The lowest BCUT2D eigenvalue weighted by molar-refractivity contribution is 0.343. The monoisotopic (exact) mass is 138 g/mol. The van der Waals surface area contributed by atoms with Crippen LogP contribution in [0.4, 0.5) is 0 Å². The van der Waals surface area contributed by atoms with Gasteiger partial charge in [-0.2, -0.15) is 5.10 Å². The molecule has 0 unspecified atom stereocenters. The zero-order valence-electron chi connectivity index (χ0n) is 5.86. The highest BCUT2D eigenvalue weighted by Crippen LogP contribution is 1.95. The molecular weight excluding hydrogens is 128 g/mol. The van der Waals surface area contributed by atoms with Crippen molar-refractivity contribution >= 4 is 6.08 Å². The fourth-order valence-electron chi connectivity index (χ4n) is 0.695. The maximum Gasteiger partial charge on any atom is 0.0848 e.